The average Bonchev–Trinajstić information content (AvgIpc) is 2.96. The maximum absolute atomic E-state index is 12.2. The van der Waals surface area contributed by atoms with Gasteiger partial charge >= 0.3 is 0 Å². The average molecular weight is 270 g/mol. The first kappa shape index (κ1) is 14.1. The molecule has 4 heteroatoms. The molecule has 1 heterocycles. The Morgan fingerprint density at radius 2 is 2.10 bits per heavy atom. The Hall–Kier alpha value is -2.36. The fourth-order valence-electron chi connectivity index (χ4n) is 2.13. The van der Waals surface area contributed by atoms with Crippen LogP contribution < -0.4 is 5.32 Å². The molecule has 2 amide bonds. The highest BCUT2D eigenvalue weighted by molar-refractivity contribution is 6.00. The van der Waals surface area contributed by atoms with Gasteiger partial charge in [-0.2, -0.15) is 0 Å². The van der Waals surface area contributed by atoms with Gasteiger partial charge in [-0.15, -0.1) is 0 Å². The van der Waals surface area contributed by atoms with Gasteiger partial charge in [0, 0.05) is 12.2 Å². The van der Waals surface area contributed by atoms with E-state index < -0.39 is 6.04 Å². The quantitative estimate of drug-likeness (QED) is 0.673. The van der Waals surface area contributed by atoms with Crippen LogP contribution in [-0.2, 0) is 16.0 Å². The number of benzene rings is 1. The standard InChI is InChI=1S/C16H18N2O2/c1-3-12-7-9-13(10-8-12)17-16(20)14-6-5-11-18(14)15(19)4-2/h4-10,14H,2-3,11H2,1H3,(H,17,20)/t14-/m0/s1. The predicted octanol–water partition coefficient (Wildman–Crippen LogP) is 2.14. The Morgan fingerprint density at radius 3 is 2.70 bits per heavy atom. The van der Waals surface area contributed by atoms with E-state index in [-0.39, 0.29) is 11.8 Å². The molecule has 0 unspecified atom stereocenters. The van der Waals surface area contributed by atoms with Crippen LogP contribution in [0.5, 0.6) is 0 Å². The molecule has 0 aromatic heterocycles. The second-order valence-electron chi connectivity index (χ2n) is 4.61. The summed E-state index contributed by atoms with van der Waals surface area (Å²) in [5.41, 5.74) is 1.95. The van der Waals surface area contributed by atoms with Crippen LogP contribution in [0.3, 0.4) is 0 Å². The van der Waals surface area contributed by atoms with Crippen molar-refractivity contribution in [2.45, 2.75) is 19.4 Å². The van der Waals surface area contributed by atoms with Gasteiger partial charge < -0.3 is 10.2 Å². The summed E-state index contributed by atoms with van der Waals surface area (Å²) in [7, 11) is 0. The maximum Gasteiger partial charge on any atom is 0.251 e. The summed E-state index contributed by atoms with van der Waals surface area (Å²) in [5.74, 6) is -0.449. The summed E-state index contributed by atoms with van der Waals surface area (Å²) in [4.78, 5) is 25.3. The normalized spacial score (nSPS) is 17.1. The van der Waals surface area contributed by atoms with E-state index in [0.29, 0.717) is 6.54 Å². The summed E-state index contributed by atoms with van der Waals surface area (Å²) in [6, 6.07) is 7.13. The van der Waals surface area contributed by atoms with E-state index in [1.807, 2.05) is 30.3 Å². The van der Waals surface area contributed by atoms with Crippen molar-refractivity contribution in [3.8, 4) is 0 Å². The zero-order valence-corrected chi connectivity index (χ0v) is 11.5. The van der Waals surface area contributed by atoms with Gasteiger partial charge in [0.25, 0.3) is 5.91 Å². The molecule has 0 radical (unpaired) electrons. The largest absolute Gasteiger partial charge is 0.324 e. The molecule has 0 saturated heterocycles. The highest BCUT2D eigenvalue weighted by atomic mass is 16.2. The molecule has 20 heavy (non-hydrogen) atoms. The maximum atomic E-state index is 12.2. The van der Waals surface area contributed by atoms with Crippen molar-refractivity contribution < 1.29 is 9.59 Å². The molecule has 104 valence electrons. The topological polar surface area (TPSA) is 49.4 Å². The highest BCUT2D eigenvalue weighted by Gasteiger charge is 2.29. The fraction of sp³-hybridized carbons (Fsp3) is 0.250. The highest BCUT2D eigenvalue weighted by Crippen LogP contribution is 2.15. The third-order valence-corrected chi connectivity index (χ3v) is 3.31. The Balaban J connectivity index is 2.05. The van der Waals surface area contributed by atoms with Crippen molar-refractivity contribution in [1.82, 2.24) is 4.90 Å². The molecule has 1 atom stereocenters. The van der Waals surface area contributed by atoms with Crippen molar-refractivity contribution in [2.24, 2.45) is 0 Å². The van der Waals surface area contributed by atoms with E-state index in [9.17, 15) is 9.59 Å². The first-order valence-electron chi connectivity index (χ1n) is 6.65. The van der Waals surface area contributed by atoms with Gasteiger partial charge in [0.05, 0.1) is 0 Å². The monoisotopic (exact) mass is 270 g/mol. The van der Waals surface area contributed by atoms with Crippen LogP contribution in [0.1, 0.15) is 12.5 Å². The number of anilines is 1. The lowest BCUT2D eigenvalue weighted by atomic mass is 10.1. The third kappa shape index (κ3) is 2.96. The van der Waals surface area contributed by atoms with E-state index in [1.54, 1.807) is 6.08 Å². The molecule has 0 spiro atoms. The van der Waals surface area contributed by atoms with Gasteiger partial charge in [0.15, 0.2) is 0 Å². The molecule has 4 nitrogen and oxygen atoms in total. The van der Waals surface area contributed by atoms with Crippen molar-refractivity contribution in [3.05, 3.63) is 54.6 Å². The number of hydrogen-bond acceptors (Lipinski definition) is 2. The van der Waals surface area contributed by atoms with Crippen molar-refractivity contribution in [2.75, 3.05) is 11.9 Å². The zero-order chi connectivity index (χ0) is 14.5. The van der Waals surface area contributed by atoms with E-state index in [1.165, 1.54) is 16.5 Å². The van der Waals surface area contributed by atoms with Gasteiger partial charge in [-0.1, -0.05) is 37.8 Å². The molecular formula is C16H18N2O2. The molecule has 1 aromatic carbocycles. The molecule has 1 aliphatic rings. The molecular weight excluding hydrogens is 252 g/mol. The second-order valence-corrected chi connectivity index (χ2v) is 4.61. The Morgan fingerprint density at radius 1 is 1.40 bits per heavy atom. The minimum absolute atomic E-state index is 0.210. The lowest BCUT2D eigenvalue weighted by Gasteiger charge is -2.22. The molecule has 0 aliphatic carbocycles. The number of nitrogens with zero attached hydrogens (tertiary/aromatic N) is 1. The van der Waals surface area contributed by atoms with Crippen molar-refractivity contribution in [3.63, 3.8) is 0 Å². The van der Waals surface area contributed by atoms with E-state index >= 15 is 0 Å². The van der Waals surface area contributed by atoms with E-state index in [4.69, 9.17) is 0 Å². The van der Waals surface area contributed by atoms with Gasteiger partial charge in [0.1, 0.15) is 6.04 Å². The number of carbonyl (C=O) groups excluding carboxylic acids is 2. The number of rotatable bonds is 4. The number of amides is 2. The van der Waals surface area contributed by atoms with Crippen LogP contribution in [-0.4, -0.2) is 29.3 Å². The molecule has 0 saturated carbocycles. The van der Waals surface area contributed by atoms with Gasteiger partial charge in [-0.05, 0) is 30.2 Å². The molecule has 1 aromatic rings. The van der Waals surface area contributed by atoms with E-state index in [2.05, 4.69) is 18.8 Å². The Bertz CT molecular complexity index is 546. The number of carbonyl (C=O) groups is 2. The number of aryl methyl sites for hydroxylation is 1. The van der Waals surface area contributed by atoms with E-state index in [0.717, 1.165) is 12.1 Å². The molecule has 2 rings (SSSR count). The number of hydrogen-bond donors (Lipinski definition) is 1. The molecule has 0 fully saturated rings. The van der Waals surface area contributed by atoms with Crippen molar-refractivity contribution in [1.29, 1.82) is 0 Å². The van der Waals surface area contributed by atoms with Gasteiger partial charge in [-0.3, -0.25) is 9.59 Å². The summed E-state index contributed by atoms with van der Waals surface area (Å²) >= 11 is 0. The molecule has 1 aliphatic heterocycles. The Kier molecular flexibility index (Phi) is 4.35. The smallest absolute Gasteiger partial charge is 0.251 e. The van der Waals surface area contributed by atoms with Crippen LogP contribution in [0.2, 0.25) is 0 Å². The lowest BCUT2D eigenvalue weighted by molar-refractivity contribution is -0.131. The summed E-state index contributed by atoms with van der Waals surface area (Å²) < 4.78 is 0. The van der Waals surface area contributed by atoms with Crippen LogP contribution in [0, 0.1) is 0 Å². The lowest BCUT2D eigenvalue weighted by Crippen LogP contribution is -2.42. The van der Waals surface area contributed by atoms with Gasteiger partial charge in [-0.25, -0.2) is 0 Å². The first-order chi connectivity index (χ1) is 9.65. The van der Waals surface area contributed by atoms with Crippen LogP contribution in [0.15, 0.2) is 49.1 Å². The number of nitrogens with one attached hydrogen (secondary N) is 1. The van der Waals surface area contributed by atoms with Crippen LogP contribution in [0.25, 0.3) is 0 Å². The molecule has 1 N–H and O–H groups in total. The predicted molar refractivity (Wildman–Crippen MR) is 79.3 cm³/mol. The van der Waals surface area contributed by atoms with Crippen LogP contribution >= 0.6 is 0 Å². The fourth-order valence-corrected chi connectivity index (χ4v) is 2.13. The summed E-state index contributed by atoms with van der Waals surface area (Å²) in [6.07, 6.45) is 5.73. The zero-order valence-electron chi connectivity index (χ0n) is 11.5. The minimum atomic E-state index is -0.564. The van der Waals surface area contributed by atoms with Crippen LogP contribution in [0.4, 0.5) is 5.69 Å². The SMILES string of the molecule is C=CC(=O)N1CC=C[C@H]1C(=O)Nc1ccc(CC)cc1. The third-order valence-electron chi connectivity index (χ3n) is 3.31. The first-order valence-corrected chi connectivity index (χ1v) is 6.65. The summed E-state index contributed by atoms with van der Waals surface area (Å²) in [6.45, 7) is 5.97. The summed E-state index contributed by atoms with van der Waals surface area (Å²) in [5, 5.41) is 2.83. The second kappa shape index (κ2) is 6.19. The Labute approximate surface area is 118 Å². The molecule has 0 bridgehead atoms. The van der Waals surface area contributed by atoms with Crippen molar-refractivity contribution >= 4 is 17.5 Å². The van der Waals surface area contributed by atoms with Gasteiger partial charge in [0.2, 0.25) is 5.91 Å². The minimum Gasteiger partial charge on any atom is -0.324 e.